The van der Waals surface area contributed by atoms with Gasteiger partial charge in [0.1, 0.15) is 12.2 Å². The molecule has 0 bridgehead atoms. The van der Waals surface area contributed by atoms with E-state index in [9.17, 15) is 9.59 Å². The Hall–Kier alpha value is -2.29. The van der Waals surface area contributed by atoms with Crippen LogP contribution in [0.5, 0.6) is 0 Å². The number of carbonyl (C=O) groups is 2. The highest BCUT2D eigenvalue weighted by atomic mass is 32.2. The first-order valence-corrected chi connectivity index (χ1v) is 11.3. The average molecular weight is 431 g/mol. The van der Waals surface area contributed by atoms with Gasteiger partial charge in [-0.1, -0.05) is 24.3 Å². The minimum absolute atomic E-state index is 0.0450. The maximum Gasteiger partial charge on any atom is 0.290 e. The van der Waals surface area contributed by atoms with Gasteiger partial charge in [-0.3, -0.25) is 9.59 Å². The lowest BCUT2D eigenvalue weighted by atomic mass is 10.1. The number of amides is 2. The molecule has 152 valence electrons. The fourth-order valence-corrected chi connectivity index (χ4v) is 5.23. The Kier molecular flexibility index (Phi) is 6.22. The highest BCUT2D eigenvalue weighted by Crippen LogP contribution is 2.34. The number of methoxy groups -OCH3 is 1. The standard InChI is InChI=1S/C21H22N2O4S2/c1-26-13-18(24)22-8-10-23(11-9-22)21(25)20-16(14-29-19-7-4-12-28-19)15-5-2-3-6-17(15)27-20/h2-7,12H,8-11,13-14H2,1H3. The number of hydrogen-bond donors (Lipinski definition) is 0. The SMILES string of the molecule is COCC(=O)N1CCN(C(=O)c2oc3ccccc3c2CSc2cccs2)CC1. The number of benzene rings is 1. The molecule has 2 aromatic heterocycles. The zero-order chi connectivity index (χ0) is 20.2. The van der Waals surface area contributed by atoms with Crippen LogP contribution in [0.1, 0.15) is 16.1 Å². The molecular weight excluding hydrogens is 408 g/mol. The summed E-state index contributed by atoms with van der Waals surface area (Å²) in [5.74, 6) is 0.926. The average Bonchev–Trinajstić information content (AvgIpc) is 3.39. The second-order valence-electron chi connectivity index (χ2n) is 6.73. The Morgan fingerprint density at radius 3 is 2.59 bits per heavy atom. The van der Waals surface area contributed by atoms with Crippen molar-refractivity contribution < 1.29 is 18.7 Å². The number of para-hydroxylation sites is 1. The molecule has 0 aliphatic carbocycles. The summed E-state index contributed by atoms with van der Waals surface area (Å²) in [7, 11) is 1.51. The molecule has 0 spiro atoms. The number of thiophene rings is 1. The van der Waals surface area contributed by atoms with Crippen molar-refractivity contribution in [2.24, 2.45) is 0 Å². The van der Waals surface area contributed by atoms with Crippen molar-refractivity contribution in [3.63, 3.8) is 0 Å². The number of thioether (sulfide) groups is 1. The molecule has 0 saturated carbocycles. The molecular formula is C21H22N2O4S2. The molecule has 8 heteroatoms. The smallest absolute Gasteiger partial charge is 0.290 e. The minimum Gasteiger partial charge on any atom is -0.451 e. The van der Waals surface area contributed by atoms with Gasteiger partial charge in [0.25, 0.3) is 5.91 Å². The molecule has 1 aliphatic heterocycles. The van der Waals surface area contributed by atoms with Crippen molar-refractivity contribution in [1.82, 2.24) is 9.80 Å². The van der Waals surface area contributed by atoms with Crippen molar-refractivity contribution in [3.05, 3.63) is 53.1 Å². The van der Waals surface area contributed by atoms with Gasteiger partial charge in [-0.15, -0.1) is 23.1 Å². The molecule has 0 atom stereocenters. The quantitative estimate of drug-likeness (QED) is 0.558. The number of piperazine rings is 1. The summed E-state index contributed by atoms with van der Waals surface area (Å²) in [6.07, 6.45) is 0. The molecule has 29 heavy (non-hydrogen) atoms. The van der Waals surface area contributed by atoms with Gasteiger partial charge in [-0.05, 0) is 17.5 Å². The van der Waals surface area contributed by atoms with E-state index in [1.807, 2.05) is 35.7 Å². The third kappa shape index (κ3) is 4.34. The summed E-state index contributed by atoms with van der Waals surface area (Å²) in [5, 5.41) is 3.03. The predicted octanol–water partition coefficient (Wildman–Crippen LogP) is 3.72. The molecule has 0 N–H and O–H groups in total. The van der Waals surface area contributed by atoms with Crippen molar-refractivity contribution in [2.45, 2.75) is 9.96 Å². The summed E-state index contributed by atoms with van der Waals surface area (Å²) in [4.78, 5) is 28.7. The van der Waals surface area contributed by atoms with Crippen LogP contribution in [-0.4, -0.2) is 61.5 Å². The monoisotopic (exact) mass is 430 g/mol. The lowest BCUT2D eigenvalue weighted by molar-refractivity contribution is -0.136. The third-order valence-corrected chi connectivity index (χ3v) is 7.09. The van der Waals surface area contributed by atoms with Crippen LogP contribution in [0.4, 0.5) is 0 Å². The van der Waals surface area contributed by atoms with Crippen molar-refractivity contribution in [2.75, 3.05) is 39.9 Å². The van der Waals surface area contributed by atoms with E-state index in [1.165, 1.54) is 11.3 Å². The van der Waals surface area contributed by atoms with Crippen molar-refractivity contribution in [1.29, 1.82) is 0 Å². The van der Waals surface area contributed by atoms with Gasteiger partial charge >= 0.3 is 0 Å². The van der Waals surface area contributed by atoms with Crippen LogP contribution in [0.2, 0.25) is 0 Å². The third-order valence-electron chi connectivity index (χ3n) is 4.93. The summed E-state index contributed by atoms with van der Waals surface area (Å²) >= 11 is 3.40. The van der Waals surface area contributed by atoms with Crippen LogP contribution in [0.25, 0.3) is 11.0 Å². The normalized spacial score (nSPS) is 14.5. The van der Waals surface area contributed by atoms with Gasteiger partial charge in [0.2, 0.25) is 5.91 Å². The minimum atomic E-state index is -0.109. The highest BCUT2D eigenvalue weighted by molar-refractivity contribution is 8.00. The first-order chi connectivity index (χ1) is 14.2. The second-order valence-corrected chi connectivity index (χ2v) is 8.96. The molecule has 3 aromatic rings. The zero-order valence-electron chi connectivity index (χ0n) is 16.1. The Bertz CT molecular complexity index is 991. The van der Waals surface area contributed by atoms with Gasteiger partial charge in [0.05, 0.1) is 4.21 Å². The Morgan fingerprint density at radius 2 is 1.86 bits per heavy atom. The fraction of sp³-hybridized carbons (Fsp3) is 0.333. The molecule has 1 aromatic carbocycles. The molecule has 0 radical (unpaired) electrons. The molecule has 1 saturated heterocycles. The van der Waals surface area contributed by atoms with Crippen LogP contribution in [0.3, 0.4) is 0 Å². The summed E-state index contributed by atoms with van der Waals surface area (Å²) < 4.78 is 12.1. The molecule has 2 amide bonds. The molecule has 1 aliphatic rings. The Labute approximate surface area is 177 Å². The van der Waals surface area contributed by atoms with Crippen LogP contribution < -0.4 is 0 Å². The fourth-order valence-electron chi connectivity index (χ4n) is 3.42. The molecule has 3 heterocycles. The number of rotatable bonds is 6. The Morgan fingerprint density at radius 1 is 1.10 bits per heavy atom. The maximum atomic E-state index is 13.3. The number of nitrogens with zero attached hydrogens (tertiary/aromatic N) is 2. The first-order valence-electron chi connectivity index (χ1n) is 9.40. The zero-order valence-corrected chi connectivity index (χ0v) is 17.8. The van der Waals surface area contributed by atoms with Gasteiger partial charge < -0.3 is 19.0 Å². The van der Waals surface area contributed by atoms with Crippen LogP contribution >= 0.6 is 23.1 Å². The van der Waals surface area contributed by atoms with Crippen molar-refractivity contribution in [3.8, 4) is 0 Å². The van der Waals surface area contributed by atoms with Gasteiger partial charge in [0, 0.05) is 50.0 Å². The van der Waals surface area contributed by atoms with Crippen LogP contribution in [0, 0.1) is 0 Å². The van der Waals surface area contributed by atoms with E-state index in [0.717, 1.165) is 16.5 Å². The first kappa shape index (κ1) is 20.0. The topological polar surface area (TPSA) is 63.0 Å². The summed E-state index contributed by atoms with van der Waals surface area (Å²) in [6.45, 7) is 2.06. The van der Waals surface area contributed by atoms with E-state index in [-0.39, 0.29) is 18.4 Å². The van der Waals surface area contributed by atoms with Gasteiger partial charge in [-0.25, -0.2) is 0 Å². The molecule has 4 rings (SSSR count). The lowest BCUT2D eigenvalue weighted by Crippen LogP contribution is -2.51. The van der Waals surface area contributed by atoms with E-state index in [1.54, 1.807) is 32.9 Å². The number of fused-ring (bicyclic) bond motifs is 1. The van der Waals surface area contributed by atoms with Crippen LogP contribution in [-0.2, 0) is 15.3 Å². The van der Waals surface area contributed by atoms with Gasteiger partial charge in [0.15, 0.2) is 5.76 Å². The molecule has 0 unspecified atom stereocenters. The van der Waals surface area contributed by atoms with E-state index >= 15 is 0 Å². The number of hydrogen-bond acceptors (Lipinski definition) is 6. The van der Waals surface area contributed by atoms with E-state index in [2.05, 4.69) is 6.07 Å². The lowest BCUT2D eigenvalue weighted by Gasteiger charge is -2.34. The Balaban J connectivity index is 1.53. The van der Waals surface area contributed by atoms with Crippen LogP contribution in [0.15, 0.2) is 50.4 Å². The van der Waals surface area contributed by atoms with E-state index in [4.69, 9.17) is 9.15 Å². The summed E-state index contributed by atoms with van der Waals surface area (Å²) in [6, 6.07) is 11.9. The van der Waals surface area contributed by atoms with Gasteiger partial charge in [-0.2, -0.15) is 0 Å². The number of furan rings is 1. The molecule has 1 fully saturated rings. The second kappa shape index (κ2) is 9.02. The highest BCUT2D eigenvalue weighted by Gasteiger charge is 2.29. The number of ether oxygens (including phenoxy) is 1. The number of carbonyl (C=O) groups excluding carboxylic acids is 2. The summed E-state index contributed by atoms with van der Waals surface area (Å²) in [5.41, 5.74) is 1.66. The van der Waals surface area contributed by atoms with E-state index in [0.29, 0.717) is 37.7 Å². The predicted molar refractivity (Wildman–Crippen MR) is 114 cm³/mol. The maximum absolute atomic E-state index is 13.3. The molecule has 6 nitrogen and oxygen atoms in total. The van der Waals surface area contributed by atoms with Crippen molar-refractivity contribution >= 4 is 45.9 Å². The largest absolute Gasteiger partial charge is 0.451 e. The van der Waals surface area contributed by atoms with E-state index < -0.39 is 0 Å².